The van der Waals surface area contributed by atoms with Gasteiger partial charge in [-0.15, -0.1) is 13.2 Å². The molecule has 53 heavy (non-hydrogen) atoms. The number of hydrogen-bond acceptors (Lipinski definition) is 7. The molecule has 0 spiro atoms. The standard InChI is InChI=1S/C43H49N3O7/c1-3-5-6-10-18-41(49)53-30-39(43(51)45-36-22-21-33-16-11-12-17-34(33)26-36)46-42(50)35(13-4-2)27-40(48)44-37(28-47)25-31-19-23-38(24-20-31)52-29-32-14-8-7-9-15-32/h3-4,7-9,11-12,14-17,19-24,26,35,37,39,47H,1-2,5-6,10,13,18,25,27-30H2,(H,44,48)(H,45,51)(H,46,50). The molecule has 0 fully saturated rings. The smallest absolute Gasteiger partial charge is 0.305 e. The Balaban J connectivity index is 1.35. The highest BCUT2D eigenvalue weighted by Gasteiger charge is 2.28. The number of allylic oxidation sites excluding steroid dienone is 2. The second-order valence-electron chi connectivity index (χ2n) is 12.8. The fraction of sp³-hybridized carbons (Fsp3) is 0.302. The van der Waals surface area contributed by atoms with Crippen molar-refractivity contribution in [2.75, 3.05) is 18.5 Å². The number of ether oxygens (including phenoxy) is 2. The Morgan fingerprint density at radius 2 is 1.51 bits per heavy atom. The Morgan fingerprint density at radius 1 is 0.774 bits per heavy atom. The third-order valence-corrected chi connectivity index (χ3v) is 8.59. The molecule has 4 aromatic rings. The lowest BCUT2D eigenvalue weighted by atomic mass is 9.98. The summed E-state index contributed by atoms with van der Waals surface area (Å²) in [6.07, 6.45) is 5.91. The van der Waals surface area contributed by atoms with E-state index in [1.54, 1.807) is 12.1 Å². The van der Waals surface area contributed by atoms with Gasteiger partial charge in [0.25, 0.3) is 5.91 Å². The molecule has 0 radical (unpaired) electrons. The Bertz CT molecular complexity index is 1810. The molecule has 0 aliphatic rings. The maximum absolute atomic E-state index is 13.6. The van der Waals surface area contributed by atoms with E-state index in [1.165, 1.54) is 6.08 Å². The molecule has 0 bridgehead atoms. The van der Waals surface area contributed by atoms with E-state index in [9.17, 15) is 24.3 Å². The lowest BCUT2D eigenvalue weighted by Gasteiger charge is -2.23. The summed E-state index contributed by atoms with van der Waals surface area (Å²) in [5, 5.41) is 20.3. The number of rotatable bonds is 22. The van der Waals surface area contributed by atoms with Crippen molar-refractivity contribution in [3.63, 3.8) is 0 Å². The molecule has 0 heterocycles. The van der Waals surface area contributed by atoms with Crippen molar-refractivity contribution in [1.29, 1.82) is 0 Å². The summed E-state index contributed by atoms with van der Waals surface area (Å²) in [4.78, 5) is 52.8. The molecule has 0 saturated carbocycles. The lowest BCUT2D eigenvalue weighted by Crippen LogP contribution is -2.49. The molecule has 0 aliphatic heterocycles. The minimum absolute atomic E-state index is 0.148. The minimum Gasteiger partial charge on any atom is -0.489 e. The Labute approximate surface area is 311 Å². The summed E-state index contributed by atoms with van der Waals surface area (Å²) >= 11 is 0. The second kappa shape index (κ2) is 21.6. The van der Waals surface area contributed by atoms with E-state index in [2.05, 4.69) is 29.1 Å². The minimum atomic E-state index is -1.23. The molecule has 3 atom stereocenters. The maximum atomic E-state index is 13.6. The van der Waals surface area contributed by atoms with Gasteiger partial charge in [0.2, 0.25) is 11.8 Å². The summed E-state index contributed by atoms with van der Waals surface area (Å²) in [6, 6.07) is 28.6. The number of esters is 1. The SMILES string of the molecule is C=CCCCCC(=O)OCC(NC(=O)C(CC=C)CC(=O)NC(CO)Cc1ccc(OCc2ccccc2)cc1)C(=O)Nc1ccc2ccccc2c1. The van der Waals surface area contributed by atoms with E-state index < -0.39 is 41.7 Å². The first kappa shape index (κ1) is 40.0. The van der Waals surface area contributed by atoms with Gasteiger partial charge in [-0.2, -0.15) is 0 Å². The first-order valence-electron chi connectivity index (χ1n) is 17.9. The molecule has 278 valence electrons. The summed E-state index contributed by atoms with van der Waals surface area (Å²) in [6.45, 7) is 7.16. The molecule has 0 aliphatic carbocycles. The van der Waals surface area contributed by atoms with Crippen LogP contribution in [0.2, 0.25) is 0 Å². The summed E-state index contributed by atoms with van der Waals surface area (Å²) in [5.41, 5.74) is 2.44. The van der Waals surface area contributed by atoms with Gasteiger partial charge in [0.05, 0.1) is 18.6 Å². The zero-order chi connectivity index (χ0) is 37.8. The van der Waals surface area contributed by atoms with Crippen LogP contribution in [0.3, 0.4) is 0 Å². The number of nitrogens with one attached hydrogen (secondary N) is 3. The van der Waals surface area contributed by atoms with Crippen LogP contribution in [0.1, 0.15) is 49.7 Å². The van der Waals surface area contributed by atoms with Crippen molar-refractivity contribution < 1.29 is 33.8 Å². The fourth-order valence-electron chi connectivity index (χ4n) is 5.68. The van der Waals surface area contributed by atoms with Crippen LogP contribution in [0.15, 0.2) is 122 Å². The van der Waals surface area contributed by atoms with Crippen molar-refractivity contribution in [3.05, 3.63) is 133 Å². The van der Waals surface area contributed by atoms with E-state index in [0.717, 1.165) is 34.7 Å². The quantitative estimate of drug-likeness (QED) is 0.0416. The van der Waals surface area contributed by atoms with Gasteiger partial charge in [-0.1, -0.05) is 84.9 Å². The molecular formula is C43H49N3O7. The topological polar surface area (TPSA) is 143 Å². The number of carbonyl (C=O) groups excluding carboxylic acids is 4. The van der Waals surface area contributed by atoms with E-state index in [1.807, 2.05) is 91.0 Å². The molecule has 4 aromatic carbocycles. The van der Waals surface area contributed by atoms with Crippen molar-refractivity contribution >= 4 is 40.2 Å². The predicted molar refractivity (Wildman–Crippen MR) is 207 cm³/mol. The highest BCUT2D eigenvalue weighted by Crippen LogP contribution is 2.20. The number of anilines is 1. The molecule has 10 nitrogen and oxygen atoms in total. The summed E-state index contributed by atoms with van der Waals surface area (Å²) in [7, 11) is 0. The zero-order valence-corrected chi connectivity index (χ0v) is 30.0. The first-order valence-corrected chi connectivity index (χ1v) is 17.9. The monoisotopic (exact) mass is 719 g/mol. The molecule has 0 saturated heterocycles. The normalized spacial score (nSPS) is 12.5. The zero-order valence-electron chi connectivity index (χ0n) is 30.0. The highest BCUT2D eigenvalue weighted by atomic mass is 16.5. The van der Waals surface area contributed by atoms with Crippen LogP contribution >= 0.6 is 0 Å². The molecule has 3 unspecified atom stereocenters. The molecule has 4 N–H and O–H groups in total. The third-order valence-electron chi connectivity index (χ3n) is 8.59. The Kier molecular flexibility index (Phi) is 16.3. The van der Waals surface area contributed by atoms with E-state index in [4.69, 9.17) is 9.47 Å². The largest absolute Gasteiger partial charge is 0.489 e. The van der Waals surface area contributed by atoms with Crippen LogP contribution in [-0.4, -0.2) is 54.1 Å². The number of aliphatic hydroxyl groups is 1. The van der Waals surface area contributed by atoms with Crippen LogP contribution in [0, 0.1) is 5.92 Å². The van der Waals surface area contributed by atoms with Gasteiger partial charge in [-0.25, -0.2) is 0 Å². The lowest BCUT2D eigenvalue weighted by molar-refractivity contribution is -0.146. The van der Waals surface area contributed by atoms with E-state index >= 15 is 0 Å². The molecule has 0 aromatic heterocycles. The van der Waals surface area contributed by atoms with Crippen LogP contribution in [0.5, 0.6) is 5.75 Å². The van der Waals surface area contributed by atoms with Crippen molar-refractivity contribution in [2.45, 2.75) is 63.6 Å². The maximum Gasteiger partial charge on any atom is 0.305 e. The van der Waals surface area contributed by atoms with Crippen LogP contribution < -0.4 is 20.7 Å². The van der Waals surface area contributed by atoms with Gasteiger partial charge < -0.3 is 30.5 Å². The van der Waals surface area contributed by atoms with E-state index in [0.29, 0.717) is 30.9 Å². The Morgan fingerprint density at radius 3 is 2.23 bits per heavy atom. The summed E-state index contributed by atoms with van der Waals surface area (Å²) in [5.74, 6) is -2.27. The number of carbonyl (C=O) groups is 4. The van der Waals surface area contributed by atoms with Crippen LogP contribution in [0.25, 0.3) is 10.8 Å². The van der Waals surface area contributed by atoms with Gasteiger partial charge in [0, 0.05) is 18.5 Å². The summed E-state index contributed by atoms with van der Waals surface area (Å²) < 4.78 is 11.3. The number of amides is 3. The second-order valence-corrected chi connectivity index (χ2v) is 12.8. The van der Waals surface area contributed by atoms with Gasteiger partial charge in [0.15, 0.2) is 0 Å². The van der Waals surface area contributed by atoms with Crippen molar-refractivity contribution in [2.24, 2.45) is 5.92 Å². The van der Waals surface area contributed by atoms with Crippen molar-refractivity contribution in [3.8, 4) is 5.75 Å². The number of hydrogen-bond donors (Lipinski definition) is 4. The first-order chi connectivity index (χ1) is 25.8. The number of aliphatic hydroxyl groups excluding tert-OH is 1. The van der Waals surface area contributed by atoms with Gasteiger partial charge >= 0.3 is 5.97 Å². The van der Waals surface area contributed by atoms with Gasteiger partial charge in [-0.05, 0) is 78.3 Å². The van der Waals surface area contributed by atoms with Crippen LogP contribution in [0.4, 0.5) is 5.69 Å². The molecule has 3 amide bonds. The average molecular weight is 720 g/mol. The van der Waals surface area contributed by atoms with Gasteiger partial charge in [-0.3, -0.25) is 19.2 Å². The highest BCUT2D eigenvalue weighted by molar-refractivity contribution is 5.99. The number of unbranched alkanes of at least 4 members (excludes halogenated alkanes) is 2. The number of benzene rings is 4. The average Bonchev–Trinajstić information content (AvgIpc) is 3.17. The third kappa shape index (κ3) is 13.7. The van der Waals surface area contributed by atoms with Gasteiger partial charge in [0.1, 0.15) is 25.0 Å². The molecule has 4 rings (SSSR count). The van der Waals surface area contributed by atoms with E-state index in [-0.39, 0.29) is 32.5 Å². The van der Waals surface area contributed by atoms with Crippen LogP contribution in [-0.2, 0) is 36.9 Å². The van der Waals surface area contributed by atoms with Crippen molar-refractivity contribution in [1.82, 2.24) is 10.6 Å². The number of fused-ring (bicyclic) bond motifs is 1. The predicted octanol–water partition coefficient (Wildman–Crippen LogP) is 6.43. The molecular weight excluding hydrogens is 670 g/mol. The molecule has 10 heteroatoms. The Hall–Kier alpha value is -5.74. The fourth-order valence-corrected chi connectivity index (χ4v) is 5.68.